The van der Waals surface area contributed by atoms with Gasteiger partial charge >= 0.3 is 0 Å². The minimum Gasteiger partial charge on any atom is -0.457 e. The summed E-state index contributed by atoms with van der Waals surface area (Å²) in [5, 5.41) is 0. The molecule has 1 aromatic heterocycles. The van der Waals surface area contributed by atoms with Gasteiger partial charge in [0.05, 0.1) is 11.0 Å². The first kappa shape index (κ1) is 26.9. The zero-order valence-electron chi connectivity index (χ0n) is 22.7. The number of rotatable bonds is 11. The van der Waals surface area contributed by atoms with E-state index in [4.69, 9.17) is 20.2 Å². The number of aryl methyl sites for hydroxylation is 1. The third-order valence-corrected chi connectivity index (χ3v) is 7.39. The van der Waals surface area contributed by atoms with Gasteiger partial charge in [-0.3, -0.25) is 4.79 Å². The molecule has 5 rings (SSSR count). The summed E-state index contributed by atoms with van der Waals surface area (Å²) in [5.41, 5.74) is 9.71. The van der Waals surface area contributed by atoms with Crippen LogP contribution in [0.5, 0.6) is 11.5 Å². The molecule has 1 amide bonds. The van der Waals surface area contributed by atoms with Crippen LogP contribution in [0.15, 0.2) is 78.9 Å². The smallest absolute Gasteiger partial charge is 0.224 e. The number of benzene rings is 3. The molecule has 7 nitrogen and oxygen atoms in total. The molecule has 1 aliphatic rings. The van der Waals surface area contributed by atoms with Gasteiger partial charge in [-0.05, 0) is 67.6 Å². The second-order valence-electron chi connectivity index (χ2n) is 10.4. The molecule has 2 atom stereocenters. The minimum absolute atomic E-state index is 0.123. The second-order valence-corrected chi connectivity index (χ2v) is 10.4. The van der Waals surface area contributed by atoms with Gasteiger partial charge in [-0.1, -0.05) is 42.5 Å². The van der Waals surface area contributed by atoms with Crippen LogP contribution >= 0.6 is 0 Å². The lowest BCUT2D eigenvalue weighted by Gasteiger charge is -2.33. The molecule has 3 aromatic carbocycles. The predicted octanol–water partition coefficient (Wildman–Crippen LogP) is 5.53. The maximum atomic E-state index is 13.3. The lowest BCUT2D eigenvalue weighted by Crippen LogP contribution is -2.42. The Kier molecular flexibility index (Phi) is 8.91. The van der Waals surface area contributed by atoms with E-state index in [0.717, 1.165) is 66.3 Å². The fourth-order valence-electron chi connectivity index (χ4n) is 5.47. The highest BCUT2D eigenvalue weighted by molar-refractivity contribution is 5.78. The Bertz CT molecular complexity index is 1350. The summed E-state index contributed by atoms with van der Waals surface area (Å²) in [7, 11) is 1.73. The molecule has 7 heteroatoms. The topological polar surface area (TPSA) is 82.6 Å². The minimum atomic E-state index is -0.239. The van der Waals surface area contributed by atoms with E-state index in [2.05, 4.69) is 22.8 Å². The monoisotopic (exact) mass is 526 g/mol. The molecule has 0 radical (unpaired) electrons. The van der Waals surface area contributed by atoms with Crippen LogP contribution in [0.25, 0.3) is 11.0 Å². The maximum Gasteiger partial charge on any atom is 0.224 e. The molecular weight excluding hydrogens is 488 g/mol. The fourth-order valence-corrected chi connectivity index (χ4v) is 5.47. The first-order chi connectivity index (χ1) is 19.1. The van der Waals surface area contributed by atoms with Crippen LogP contribution < -0.4 is 10.5 Å². The van der Waals surface area contributed by atoms with Crippen LogP contribution in [0.1, 0.15) is 43.0 Å². The average molecular weight is 527 g/mol. The molecule has 0 saturated carbocycles. The van der Waals surface area contributed by atoms with Gasteiger partial charge in [-0.15, -0.1) is 0 Å². The van der Waals surface area contributed by atoms with Crippen LogP contribution in [0, 0.1) is 0 Å². The summed E-state index contributed by atoms with van der Waals surface area (Å²) >= 11 is 0. The number of fused-ring (bicyclic) bond motifs is 1. The molecule has 1 saturated heterocycles. The summed E-state index contributed by atoms with van der Waals surface area (Å²) < 4.78 is 13.5. The van der Waals surface area contributed by atoms with Crippen LogP contribution in [-0.4, -0.2) is 53.2 Å². The van der Waals surface area contributed by atoms with Crippen molar-refractivity contribution in [2.75, 3.05) is 26.8 Å². The molecule has 1 aliphatic heterocycles. The second kappa shape index (κ2) is 12.9. The molecule has 39 heavy (non-hydrogen) atoms. The van der Waals surface area contributed by atoms with E-state index in [9.17, 15) is 4.79 Å². The van der Waals surface area contributed by atoms with Gasteiger partial charge in [0.25, 0.3) is 0 Å². The standard InChI is InChI=1S/C32H38N4O3/c1-38-20-8-19-36-30-13-6-5-12-29(30)34-32(36)25-9-7-18-35(23-25)31(37)22-26(33)21-24-14-16-28(17-15-24)39-27-10-3-2-4-11-27/h2-6,10-17,25-26H,7-9,18-23,33H2,1H3. The average Bonchev–Trinajstić information content (AvgIpc) is 3.33. The van der Waals surface area contributed by atoms with E-state index < -0.39 is 0 Å². The number of carbonyl (C=O) groups excluding carboxylic acids is 1. The maximum absolute atomic E-state index is 13.3. The highest BCUT2D eigenvalue weighted by Crippen LogP contribution is 2.30. The Morgan fingerprint density at radius 3 is 2.56 bits per heavy atom. The summed E-state index contributed by atoms with van der Waals surface area (Å²) in [5.74, 6) is 3.00. The Balaban J connectivity index is 1.19. The summed E-state index contributed by atoms with van der Waals surface area (Å²) in [6, 6.07) is 25.7. The van der Waals surface area contributed by atoms with Gasteiger partial charge in [-0.25, -0.2) is 4.98 Å². The van der Waals surface area contributed by atoms with E-state index in [1.165, 1.54) is 0 Å². The zero-order chi connectivity index (χ0) is 27.0. The van der Waals surface area contributed by atoms with Crippen molar-refractivity contribution in [3.63, 3.8) is 0 Å². The van der Waals surface area contributed by atoms with Crippen LogP contribution in [-0.2, 0) is 22.5 Å². The molecule has 1 fully saturated rings. The normalized spacial score (nSPS) is 16.4. The number of carbonyl (C=O) groups is 1. The molecule has 204 valence electrons. The quantitative estimate of drug-likeness (QED) is 0.260. The van der Waals surface area contributed by atoms with Gasteiger partial charge in [0.1, 0.15) is 17.3 Å². The van der Waals surface area contributed by atoms with Gasteiger partial charge in [0, 0.05) is 51.7 Å². The Morgan fingerprint density at radius 1 is 1.03 bits per heavy atom. The molecule has 2 heterocycles. The Hall–Kier alpha value is -3.68. The first-order valence-electron chi connectivity index (χ1n) is 13.9. The number of amides is 1. The molecule has 0 bridgehead atoms. The number of ether oxygens (including phenoxy) is 2. The zero-order valence-corrected chi connectivity index (χ0v) is 22.7. The van der Waals surface area contributed by atoms with Crippen LogP contribution in [0.3, 0.4) is 0 Å². The van der Waals surface area contributed by atoms with Gasteiger partial charge in [0.15, 0.2) is 0 Å². The number of imidazole rings is 1. The summed E-state index contributed by atoms with van der Waals surface area (Å²) in [4.78, 5) is 20.3. The molecule has 2 N–H and O–H groups in total. The number of aromatic nitrogens is 2. The number of methoxy groups -OCH3 is 1. The SMILES string of the molecule is COCCCn1c(C2CCCN(C(=O)CC(N)Cc3ccc(Oc4ccccc4)cc3)C2)nc2ccccc21. The van der Waals surface area contributed by atoms with Crippen molar-refractivity contribution >= 4 is 16.9 Å². The highest BCUT2D eigenvalue weighted by atomic mass is 16.5. The number of hydrogen-bond acceptors (Lipinski definition) is 5. The van der Waals surface area contributed by atoms with Crippen molar-refractivity contribution in [3.8, 4) is 11.5 Å². The molecular formula is C32H38N4O3. The Labute approximate surface area is 230 Å². The van der Waals surface area contributed by atoms with E-state index in [1.54, 1.807) is 7.11 Å². The molecule has 2 unspecified atom stereocenters. The van der Waals surface area contributed by atoms with Gasteiger partial charge in [-0.2, -0.15) is 0 Å². The van der Waals surface area contributed by atoms with Crippen molar-refractivity contribution in [2.45, 2.75) is 50.6 Å². The number of likely N-dealkylation sites (tertiary alicyclic amines) is 1. The third-order valence-electron chi connectivity index (χ3n) is 7.39. The summed E-state index contributed by atoms with van der Waals surface area (Å²) in [6.45, 7) is 3.03. The largest absolute Gasteiger partial charge is 0.457 e. The van der Waals surface area contributed by atoms with Crippen molar-refractivity contribution in [2.24, 2.45) is 5.73 Å². The van der Waals surface area contributed by atoms with Crippen LogP contribution in [0.4, 0.5) is 0 Å². The van der Waals surface area contributed by atoms with Crippen LogP contribution in [0.2, 0.25) is 0 Å². The highest BCUT2D eigenvalue weighted by Gasteiger charge is 2.29. The summed E-state index contributed by atoms with van der Waals surface area (Å²) in [6.07, 6.45) is 3.90. The van der Waals surface area contributed by atoms with E-state index in [-0.39, 0.29) is 17.9 Å². The van der Waals surface area contributed by atoms with E-state index in [0.29, 0.717) is 26.0 Å². The lowest BCUT2D eigenvalue weighted by molar-refractivity contribution is -0.132. The first-order valence-corrected chi connectivity index (χ1v) is 13.9. The van der Waals surface area contributed by atoms with Crippen molar-refractivity contribution < 1.29 is 14.3 Å². The molecule has 0 aliphatic carbocycles. The van der Waals surface area contributed by atoms with Gasteiger partial charge < -0.3 is 24.7 Å². The number of piperidine rings is 1. The number of nitrogens with two attached hydrogens (primary N) is 1. The van der Waals surface area contributed by atoms with Crippen molar-refractivity contribution in [1.29, 1.82) is 0 Å². The van der Waals surface area contributed by atoms with E-state index in [1.807, 2.05) is 65.6 Å². The fraction of sp³-hybridized carbons (Fsp3) is 0.375. The third kappa shape index (κ3) is 6.85. The van der Waals surface area contributed by atoms with E-state index >= 15 is 0 Å². The van der Waals surface area contributed by atoms with Gasteiger partial charge in [0.2, 0.25) is 5.91 Å². The van der Waals surface area contributed by atoms with Crippen molar-refractivity contribution in [3.05, 3.63) is 90.3 Å². The Morgan fingerprint density at radius 2 is 1.77 bits per heavy atom. The van der Waals surface area contributed by atoms with Crippen molar-refractivity contribution in [1.82, 2.24) is 14.5 Å². The molecule has 0 spiro atoms. The predicted molar refractivity (Wildman–Crippen MR) is 154 cm³/mol. The number of nitrogens with zero attached hydrogens (tertiary/aromatic N) is 3. The lowest BCUT2D eigenvalue weighted by atomic mass is 9.96. The number of hydrogen-bond donors (Lipinski definition) is 1. The number of para-hydroxylation sites is 3. The molecule has 4 aromatic rings.